The van der Waals surface area contributed by atoms with Crippen molar-refractivity contribution in [1.29, 1.82) is 0 Å². The van der Waals surface area contributed by atoms with E-state index in [4.69, 9.17) is 9.47 Å². The molecule has 1 heterocycles. The Bertz CT molecular complexity index is 1400. The fourth-order valence-corrected chi connectivity index (χ4v) is 5.44. The van der Waals surface area contributed by atoms with Gasteiger partial charge in [0.25, 0.3) is 10.0 Å². The average molecular weight is 542 g/mol. The average Bonchev–Trinajstić information content (AvgIpc) is 2.94. The summed E-state index contributed by atoms with van der Waals surface area (Å²) in [6.45, 7) is 1.58. The minimum Gasteiger partial charge on any atom is -0.486 e. The van der Waals surface area contributed by atoms with Gasteiger partial charge in [0, 0.05) is 19.7 Å². The van der Waals surface area contributed by atoms with E-state index in [2.05, 4.69) is 5.32 Å². The van der Waals surface area contributed by atoms with Crippen molar-refractivity contribution in [3.05, 3.63) is 84.2 Å². The number of ether oxygens (including phenoxy) is 2. The maximum atomic E-state index is 13.8. The number of nitrogens with zero attached hydrogens (tertiary/aromatic N) is 2. The fourth-order valence-electron chi connectivity index (χ4n) is 4.01. The standard InChI is InChI=1S/C27H28FN3O6S/c1-19(27(33)29-2)30(17-20-8-10-21(28)11-9-20)26(32)18-31(38(34,35)23-6-4-3-5-7-23)22-12-13-24-25(16-22)37-15-14-36-24/h3-13,16,19H,14-15,17-18H2,1-2H3,(H,29,33)/t19-/m1/s1. The lowest BCUT2D eigenvalue weighted by Crippen LogP contribution is -2.50. The summed E-state index contributed by atoms with van der Waals surface area (Å²) in [6, 6.07) is 17.0. The maximum Gasteiger partial charge on any atom is 0.264 e. The molecule has 0 spiro atoms. The van der Waals surface area contributed by atoms with Gasteiger partial charge in [0.15, 0.2) is 11.5 Å². The highest BCUT2D eigenvalue weighted by molar-refractivity contribution is 7.92. The van der Waals surface area contributed by atoms with Crippen LogP contribution in [0.5, 0.6) is 11.5 Å². The van der Waals surface area contributed by atoms with Gasteiger partial charge < -0.3 is 19.7 Å². The first-order valence-electron chi connectivity index (χ1n) is 11.9. The minimum absolute atomic E-state index is 0.00729. The minimum atomic E-state index is -4.20. The zero-order valence-electron chi connectivity index (χ0n) is 21.0. The van der Waals surface area contributed by atoms with Gasteiger partial charge in [-0.15, -0.1) is 0 Å². The van der Waals surface area contributed by atoms with Crippen LogP contribution in [0.4, 0.5) is 10.1 Å². The Labute approximate surface area is 220 Å². The van der Waals surface area contributed by atoms with E-state index < -0.39 is 40.2 Å². The molecule has 1 aliphatic heterocycles. The molecule has 3 aromatic carbocycles. The van der Waals surface area contributed by atoms with Gasteiger partial charge in [-0.1, -0.05) is 30.3 Å². The number of carbonyl (C=O) groups excluding carboxylic acids is 2. The number of hydrogen-bond acceptors (Lipinski definition) is 6. The number of halogens is 1. The Morgan fingerprint density at radius 3 is 2.29 bits per heavy atom. The van der Waals surface area contributed by atoms with Crippen LogP contribution in [0.25, 0.3) is 0 Å². The van der Waals surface area contributed by atoms with Crippen molar-refractivity contribution >= 4 is 27.5 Å². The topological polar surface area (TPSA) is 105 Å². The highest BCUT2D eigenvalue weighted by Gasteiger charge is 2.33. The van der Waals surface area contributed by atoms with E-state index >= 15 is 0 Å². The van der Waals surface area contributed by atoms with Gasteiger partial charge in [-0.3, -0.25) is 13.9 Å². The van der Waals surface area contributed by atoms with Crippen LogP contribution in [0.2, 0.25) is 0 Å². The van der Waals surface area contributed by atoms with Crippen LogP contribution >= 0.6 is 0 Å². The number of fused-ring (bicyclic) bond motifs is 1. The number of amides is 2. The number of carbonyl (C=O) groups is 2. The lowest BCUT2D eigenvalue weighted by atomic mass is 10.1. The van der Waals surface area contributed by atoms with Crippen molar-refractivity contribution < 1.29 is 31.9 Å². The number of nitrogens with one attached hydrogen (secondary N) is 1. The van der Waals surface area contributed by atoms with Crippen LogP contribution in [0.3, 0.4) is 0 Å². The first-order chi connectivity index (χ1) is 18.2. The van der Waals surface area contributed by atoms with Crippen molar-refractivity contribution in [3.8, 4) is 11.5 Å². The monoisotopic (exact) mass is 541 g/mol. The predicted octanol–water partition coefficient (Wildman–Crippen LogP) is 2.96. The maximum absolute atomic E-state index is 13.8. The quantitative estimate of drug-likeness (QED) is 0.447. The molecule has 0 radical (unpaired) electrons. The van der Waals surface area contributed by atoms with Gasteiger partial charge in [0.1, 0.15) is 31.6 Å². The molecule has 0 aliphatic carbocycles. The van der Waals surface area contributed by atoms with E-state index in [1.165, 1.54) is 60.5 Å². The van der Waals surface area contributed by atoms with Crippen molar-refractivity contribution in [2.24, 2.45) is 0 Å². The third kappa shape index (κ3) is 5.88. The van der Waals surface area contributed by atoms with E-state index in [0.717, 1.165) is 4.31 Å². The molecule has 1 aliphatic rings. The SMILES string of the molecule is CNC(=O)[C@@H](C)N(Cc1ccc(F)cc1)C(=O)CN(c1ccc2c(c1)OCCO2)S(=O)(=O)c1ccccc1. The van der Waals surface area contributed by atoms with Gasteiger partial charge in [-0.2, -0.15) is 0 Å². The van der Waals surface area contributed by atoms with Gasteiger partial charge in [-0.25, -0.2) is 12.8 Å². The lowest BCUT2D eigenvalue weighted by molar-refractivity contribution is -0.139. The first kappa shape index (κ1) is 26.9. The molecule has 11 heteroatoms. The van der Waals surface area contributed by atoms with Crippen molar-refractivity contribution in [3.63, 3.8) is 0 Å². The second-order valence-corrected chi connectivity index (χ2v) is 10.5. The van der Waals surface area contributed by atoms with E-state index in [9.17, 15) is 22.4 Å². The second-order valence-electron chi connectivity index (χ2n) is 8.59. The molecule has 1 atom stereocenters. The summed E-state index contributed by atoms with van der Waals surface area (Å²) >= 11 is 0. The van der Waals surface area contributed by atoms with E-state index in [0.29, 0.717) is 30.3 Å². The number of hydrogen-bond donors (Lipinski definition) is 1. The largest absolute Gasteiger partial charge is 0.486 e. The zero-order valence-corrected chi connectivity index (χ0v) is 21.8. The summed E-state index contributed by atoms with van der Waals surface area (Å²) in [5, 5.41) is 2.52. The number of anilines is 1. The van der Waals surface area contributed by atoms with Crippen molar-refractivity contribution in [2.75, 3.05) is 31.1 Å². The Kier molecular flexibility index (Phi) is 8.16. The van der Waals surface area contributed by atoms with Crippen LogP contribution in [0.15, 0.2) is 77.7 Å². The number of likely N-dealkylation sites (N-methyl/N-ethyl adjacent to an activating group) is 1. The van der Waals surface area contributed by atoms with Gasteiger partial charge in [-0.05, 0) is 48.9 Å². The molecule has 0 saturated heterocycles. The van der Waals surface area contributed by atoms with Crippen molar-refractivity contribution in [2.45, 2.75) is 24.4 Å². The van der Waals surface area contributed by atoms with E-state index in [1.54, 1.807) is 31.2 Å². The summed E-state index contributed by atoms with van der Waals surface area (Å²) in [7, 11) is -2.75. The normalized spacial score (nSPS) is 13.3. The molecular weight excluding hydrogens is 513 g/mol. The Morgan fingerprint density at radius 2 is 1.63 bits per heavy atom. The van der Waals surface area contributed by atoms with Crippen LogP contribution < -0.4 is 19.1 Å². The summed E-state index contributed by atoms with van der Waals surface area (Å²) in [4.78, 5) is 27.5. The first-order valence-corrected chi connectivity index (χ1v) is 13.4. The van der Waals surface area contributed by atoms with Crippen LogP contribution in [-0.2, 0) is 26.2 Å². The van der Waals surface area contributed by atoms with E-state index in [1.807, 2.05) is 0 Å². The number of sulfonamides is 1. The Morgan fingerprint density at radius 1 is 0.974 bits per heavy atom. The third-order valence-corrected chi connectivity index (χ3v) is 7.89. The molecule has 38 heavy (non-hydrogen) atoms. The summed E-state index contributed by atoms with van der Waals surface area (Å²) in [6.07, 6.45) is 0. The van der Waals surface area contributed by atoms with Crippen LogP contribution in [0, 0.1) is 5.82 Å². The third-order valence-electron chi connectivity index (χ3n) is 6.10. The van der Waals surface area contributed by atoms with Crippen LogP contribution in [-0.4, -0.2) is 58.0 Å². The Balaban J connectivity index is 1.73. The fraction of sp³-hybridized carbons (Fsp3) is 0.259. The number of benzene rings is 3. The summed E-state index contributed by atoms with van der Waals surface area (Å²) < 4.78 is 53.2. The highest BCUT2D eigenvalue weighted by atomic mass is 32.2. The molecule has 0 aromatic heterocycles. The van der Waals surface area contributed by atoms with Crippen molar-refractivity contribution in [1.82, 2.24) is 10.2 Å². The molecule has 9 nitrogen and oxygen atoms in total. The Hall–Kier alpha value is -4.12. The predicted molar refractivity (Wildman–Crippen MR) is 139 cm³/mol. The number of rotatable bonds is 9. The molecule has 4 rings (SSSR count). The molecular formula is C27H28FN3O6S. The molecule has 200 valence electrons. The lowest BCUT2D eigenvalue weighted by Gasteiger charge is -2.32. The molecule has 0 unspecified atom stereocenters. The molecule has 2 amide bonds. The second kappa shape index (κ2) is 11.5. The van der Waals surface area contributed by atoms with Gasteiger partial charge >= 0.3 is 0 Å². The van der Waals surface area contributed by atoms with Gasteiger partial charge in [0.05, 0.1) is 10.6 Å². The van der Waals surface area contributed by atoms with E-state index in [-0.39, 0.29) is 17.1 Å². The van der Waals surface area contributed by atoms with Crippen LogP contribution in [0.1, 0.15) is 12.5 Å². The molecule has 0 fully saturated rings. The van der Waals surface area contributed by atoms with Gasteiger partial charge in [0.2, 0.25) is 11.8 Å². The smallest absolute Gasteiger partial charge is 0.264 e. The molecule has 3 aromatic rings. The highest BCUT2D eigenvalue weighted by Crippen LogP contribution is 2.36. The molecule has 1 N–H and O–H groups in total. The molecule has 0 bridgehead atoms. The zero-order chi connectivity index (χ0) is 27.3. The summed E-state index contributed by atoms with van der Waals surface area (Å²) in [5.74, 6) is -0.673. The summed E-state index contributed by atoms with van der Waals surface area (Å²) in [5.41, 5.74) is 0.771. The molecule has 0 saturated carbocycles.